The van der Waals surface area contributed by atoms with Gasteiger partial charge in [0.2, 0.25) is 17.7 Å². The Balaban J connectivity index is 1.92. The van der Waals surface area contributed by atoms with Crippen LogP contribution in [0.25, 0.3) is 0 Å². The SMILES string of the molecule is CCCC(C)(CC)SCC(=O)NCC(=O)N[C@@H](CCC(=O)O)C(=O)Nc1ccc(Cc2ccc(C)n2C)cc1. The van der Waals surface area contributed by atoms with Crippen LogP contribution in [-0.2, 0) is 32.6 Å². The topological polar surface area (TPSA) is 130 Å². The highest BCUT2D eigenvalue weighted by Crippen LogP contribution is 2.32. The van der Waals surface area contributed by atoms with Gasteiger partial charge in [-0.1, -0.05) is 39.3 Å². The van der Waals surface area contributed by atoms with E-state index in [1.165, 1.54) is 11.4 Å². The number of amides is 3. The number of rotatable bonds is 16. The number of hydrogen-bond donors (Lipinski definition) is 4. The van der Waals surface area contributed by atoms with Crippen LogP contribution in [0.3, 0.4) is 0 Å². The van der Waals surface area contributed by atoms with Gasteiger partial charge in [-0.25, -0.2) is 0 Å². The molecule has 0 aliphatic heterocycles. The number of carbonyl (C=O) groups excluding carboxylic acids is 3. The number of aromatic nitrogens is 1. The average molecular weight is 559 g/mol. The summed E-state index contributed by atoms with van der Waals surface area (Å²) in [6.07, 6.45) is 3.35. The maximum Gasteiger partial charge on any atom is 0.303 e. The highest BCUT2D eigenvalue weighted by molar-refractivity contribution is 8.01. The number of aryl methyl sites for hydroxylation is 1. The highest BCUT2D eigenvalue weighted by atomic mass is 32.2. The lowest BCUT2D eigenvalue weighted by Crippen LogP contribution is -2.48. The molecule has 39 heavy (non-hydrogen) atoms. The van der Waals surface area contributed by atoms with E-state index in [4.69, 9.17) is 5.11 Å². The van der Waals surface area contributed by atoms with Gasteiger partial charge in [0.1, 0.15) is 6.04 Å². The standard InChI is InChI=1S/C29H42N4O5S/c1-6-16-29(4,7-2)39-19-26(35)30-18-25(34)32-24(14-15-27(36)37)28(38)31-22-11-9-21(10-12-22)17-23-13-8-20(3)33(23)5/h8-13,24H,6-7,14-19H2,1-5H3,(H,30,35)(H,31,38)(H,32,34)(H,36,37)/t24-,29?/m0/s1. The van der Waals surface area contributed by atoms with Gasteiger partial charge < -0.3 is 25.6 Å². The van der Waals surface area contributed by atoms with E-state index in [1.54, 1.807) is 23.9 Å². The summed E-state index contributed by atoms with van der Waals surface area (Å²) in [5, 5.41) is 17.0. The first-order chi connectivity index (χ1) is 18.5. The second-order valence-electron chi connectivity index (χ2n) is 10.1. The van der Waals surface area contributed by atoms with Gasteiger partial charge in [0.05, 0.1) is 12.3 Å². The molecule has 9 nitrogen and oxygen atoms in total. The van der Waals surface area contributed by atoms with Crippen molar-refractivity contribution in [1.82, 2.24) is 15.2 Å². The summed E-state index contributed by atoms with van der Waals surface area (Å²) in [6.45, 7) is 8.09. The van der Waals surface area contributed by atoms with Gasteiger partial charge in [0.15, 0.2) is 0 Å². The van der Waals surface area contributed by atoms with Crippen LogP contribution < -0.4 is 16.0 Å². The van der Waals surface area contributed by atoms with Crippen LogP contribution in [0.4, 0.5) is 5.69 Å². The Morgan fingerprint density at radius 3 is 2.31 bits per heavy atom. The monoisotopic (exact) mass is 558 g/mol. The minimum Gasteiger partial charge on any atom is -0.481 e. The molecule has 0 aliphatic rings. The van der Waals surface area contributed by atoms with Gasteiger partial charge in [0, 0.05) is 41.7 Å². The minimum absolute atomic E-state index is 0.00690. The molecule has 2 aromatic rings. The van der Waals surface area contributed by atoms with E-state index in [2.05, 4.69) is 53.4 Å². The van der Waals surface area contributed by atoms with Gasteiger partial charge >= 0.3 is 5.97 Å². The summed E-state index contributed by atoms with van der Waals surface area (Å²) in [5.74, 6) is -2.17. The molecule has 1 unspecified atom stereocenters. The van der Waals surface area contributed by atoms with Crippen molar-refractivity contribution in [2.24, 2.45) is 7.05 Å². The van der Waals surface area contributed by atoms with Gasteiger partial charge in [-0.3, -0.25) is 19.2 Å². The molecule has 0 bridgehead atoms. The third-order valence-electron chi connectivity index (χ3n) is 6.91. The van der Waals surface area contributed by atoms with E-state index in [0.717, 1.165) is 31.2 Å². The predicted molar refractivity (Wildman–Crippen MR) is 156 cm³/mol. The molecule has 0 saturated heterocycles. The molecule has 0 spiro atoms. The first-order valence-electron chi connectivity index (χ1n) is 13.4. The Morgan fingerprint density at radius 2 is 1.74 bits per heavy atom. The molecule has 1 heterocycles. The summed E-state index contributed by atoms with van der Waals surface area (Å²) in [6, 6.07) is 10.5. The Morgan fingerprint density at radius 1 is 1.05 bits per heavy atom. The maximum absolute atomic E-state index is 12.9. The molecule has 1 aromatic heterocycles. The number of carboxylic acid groups (broad SMARTS) is 1. The molecule has 0 radical (unpaired) electrons. The molecule has 3 amide bonds. The fraction of sp³-hybridized carbons (Fsp3) is 0.517. The van der Waals surface area contributed by atoms with Crippen molar-refractivity contribution < 1.29 is 24.3 Å². The fourth-order valence-electron chi connectivity index (χ4n) is 4.12. The summed E-state index contributed by atoms with van der Waals surface area (Å²) >= 11 is 1.57. The number of aliphatic carboxylic acids is 1. The molecule has 1 aromatic carbocycles. The number of anilines is 1. The molecule has 0 saturated carbocycles. The van der Waals surface area contributed by atoms with Gasteiger partial charge in [-0.15, -0.1) is 11.8 Å². The van der Waals surface area contributed by atoms with Crippen LogP contribution in [-0.4, -0.2) is 56.5 Å². The molecular weight excluding hydrogens is 516 g/mol. The van der Waals surface area contributed by atoms with Gasteiger partial charge in [0.25, 0.3) is 0 Å². The number of carbonyl (C=O) groups is 4. The van der Waals surface area contributed by atoms with E-state index in [0.29, 0.717) is 5.69 Å². The number of hydrogen-bond acceptors (Lipinski definition) is 5. The van der Waals surface area contributed by atoms with Crippen LogP contribution in [0.5, 0.6) is 0 Å². The zero-order chi connectivity index (χ0) is 29.0. The van der Waals surface area contributed by atoms with E-state index in [9.17, 15) is 19.2 Å². The Bertz CT molecular complexity index is 1130. The summed E-state index contributed by atoms with van der Waals surface area (Å²) in [4.78, 5) is 48.8. The molecule has 2 atom stereocenters. The lowest BCUT2D eigenvalue weighted by molar-refractivity contribution is -0.137. The summed E-state index contributed by atoms with van der Waals surface area (Å²) in [7, 11) is 2.02. The minimum atomic E-state index is -1.07. The lowest BCUT2D eigenvalue weighted by atomic mass is 10.0. The highest BCUT2D eigenvalue weighted by Gasteiger charge is 2.24. The molecule has 0 aliphatic carbocycles. The van der Waals surface area contributed by atoms with Crippen LogP contribution in [0.2, 0.25) is 0 Å². The molecule has 10 heteroatoms. The largest absolute Gasteiger partial charge is 0.481 e. The van der Waals surface area contributed by atoms with Crippen molar-refractivity contribution in [3.8, 4) is 0 Å². The van der Waals surface area contributed by atoms with Crippen molar-refractivity contribution in [3.05, 3.63) is 53.3 Å². The smallest absolute Gasteiger partial charge is 0.303 e. The van der Waals surface area contributed by atoms with E-state index in [-0.39, 0.29) is 35.8 Å². The van der Waals surface area contributed by atoms with E-state index < -0.39 is 23.8 Å². The summed E-state index contributed by atoms with van der Waals surface area (Å²) in [5.41, 5.74) is 3.96. The van der Waals surface area contributed by atoms with Crippen molar-refractivity contribution in [1.29, 1.82) is 0 Å². The van der Waals surface area contributed by atoms with Crippen molar-refractivity contribution >= 4 is 41.1 Å². The van der Waals surface area contributed by atoms with E-state index >= 15 is 0 Å². The van der Waals surface area contributed by atoms with Gasteiger partial charge in [-0.2, -0.15) is 0 Å². The number of carboxylic acids is 1. The average Bonchev–Trinajstić information content (AvgIpc) is 3.21. The van der Waals surface area contributed by atoms with Crippen LogP contribution in [0, 0.1) is 6.92 Å². The number of thioether (sulfide) groups is 1. The molecule has 2 rings (SSSR count). The number of nitrogens with zero attached hydrogens (tertiary/aromatic N) is 1. The Hall–Kier alpha value is -3.27. The van der Waals surface area contributed by atoms with Crippen LogP contribution in [0.1, 0.15) is 69.8 Å². The normalized spacial score (nSPS) is 13.3. The van der Waals surface area contributed by atoms with E-state index in [1.807, 2.05) is 26.1 Å². The quantitative estimate of drug-likeness (QED) is 0.246. The zero-order valence-electron chi connectivity index (χ0n) is 23.6. The molecular formula is C29H42N4O5S. The lowest BCUT2D eigenvalue weighted by Gasteiger charge is -2.26. The maximum atomic E-state index is 12.9. The van der Waals surface area contributed by atoms with Crippen molar-refractivity contribution in [3.63, 3.8) is 0 Å². The Kier molecular flexibility index (Phi) is 12.6. The van der Waals surface area contributed by atoms with Crippen LogP contribution in [0.15, 0.2) is 36.4 Å². The second kappa shape index (κ2) is 15.4. The third-order valence-corrected chi connectivity index (χ3v) is 8.50. The van der Waals surface area contributed by atoms with Gasteiger partial charge in [-0.05, 0) is 56.0 Å². The summed E-state index contributed by atoms with van der Waals surface area (Å²) < 4.78 is 2.13. The molecule has 0 fully saturated rings. The fourth-order valence-corrected chi connectivity index (χ4v) is 5.25. The third kappa shape index (κ3) is 10.8. The van der Waals surface area contributed by atoms with Crippen molar-refractivity contribution in [2.75, 3.05) is 17.6 Å². The predicted octanol–water partition coefficient (Wildman–Crippen LogP) is 4.03. The van der Waals surface area contributed by atoms with Crippen molar-refractivity contribution in [2.45, 2.75) is 77.0 Å². The first kappa shape index (κ1) is 31.9. The zero-order valence-corrected chi connectivity index (χ0v) is 24.5. The number of benzene rings is 1. The Labute approximate surface area is 235 Å². The molecule has 214 valence electrons. The van der Waals surface area contributed by atoms with Crippen LogP contribution >= 0.6 is 11.8 Å². The first-order valence-corrected chi connectivity index (χ1v) is 14.4. The second-order valence-corrected chi connectivity index (χ2v) is 11.6. The number of nitrogens with one attached hydrogen (secondary N) is 3. The molecule has 4 N–H and O–H groups in total.